The zero-order valence-corrected chi connectivity index (χ0v) is 14.8. The van der Waals surface area contributed by atoms with Crippen LogP contribution in [-0.4, -0.2) is 34.9 Å². The Morgan fingerprint density at radius 3 is 2.88 bits per heavy atom. The van der Waals surface area contributed by atoms with E-state index in [1.807, 2.05) is 30.5 Å². The Bertz CT molecular complexity index is 727. The Hall–Kier alpha value is -2.22. The molecular weight excluding hydrogens is 330 g/mol. The third kappa shape index (κ3) is 4.30. The van der Waals surface area contributed by atoms with Crippen LogP contribution in [0.15, 0.2) is 40.9 Å². The number of furan rings is 1. The lowest BCUT2D eigenvalue weighted by molar-refractivity contribution is -0.119. The van der Waals surface area contributed by atoms with Gasteiger partial charge in [-0.05, 0) is 37.1 Å². The second-order valence-electron chi connectivity index (χ2n) is 7.01. The Kier molecular flexibility index (Phi) is 5.29. The van der Waals surface area contributed by atoms with Crippen molar-refractivity contribution in [1.82, 2.24) is 26.1 Å². The molecule has 2 fully saturated rings. The fraction of sp³-hybridized carbons (Fsp3) is 0.474. The SMILES string of the molecule is O=C1CC[C@@H](CN(Cc2ccccn2)Cc2ccc(C3CCNN3)o2)N1. The first-order valence-corrected chi connectivity index (χ1v) is 9.25. The van der Waals surface area contributed by atoms with E-state index in [0.29, 0.717) is 13.0 Å². The molecule has 1 unspecified atom stereocenters. The molecule has 4 rings (SSSR count). The standard InChI is InChI=1S/C19H25N5O2/c25-19-7-4-15(22-19)12-24(11-14-3-1-2-9-20-14)13-16-5-6-18(26-16)17-8-10-21-23-17/h1-3,5-6,9,15,17,21,23H,4,7-8,10-13H2,(H,22,25)/t15-,17?/m0/s1. The predicted octanol–water partition coefficient (Wildman–Crippen LogP) is 1.49. The van der Waals surface area contributed by atoms with Gasteiger partial charge in [0.1, 0.15) is 11.5 Å². The predicted molar refractivity (Wildman–Crippen MR) is 96.7 cm³/mol. The monoisotopic (exact) mass is 355 g/mol. The molecule has 2 atom stereocenters. The Morgan fingerprint density at radius 1 is 1.19 bits per heavy atom. The minimum Gasteiger partial charge on any atom is -0.463 e. The molecule has 0 radical (unpaired) electrons. The average Bonchev–Trinajstić information content (AvgIpc) is 3.38. The van der Waals surface area contributed by atoms with Crippen LogP contribution in [0.4, 0.5) is 0 Å². The van der Waals surface area contributed by atoms with Gasteiger partial charge >= 0.3 is 0 Å². The van der Waals surface area contributed by atoms with Gasteiger partial charge in [-0.15, -0.1) is 0 Å². The third-order valence-corrected chi connectivity index (χ3v) is 4.91. The number of amides is 1. The Labute approximate surface area is 153 Å². The number of aromatic nitrogens is 1. The summed E-state index contributed by atoms with van der Waals surface area (Å²) in [6.45, 7) is 3.17. The average molecular weight is 355 g/mol. The zero-order chi connectivity index (χ0) is 17.8. The third-order valence-electron chi connectivity index (χ3n) is 4.91. The number of carbonyl (C=O) groups excluding carboxylic acids is 1. The first-order chi connectivity index (χ1) is 12.8. The van der Waals surface area contributed by atoms with Crippen molar-refractivity contribution in [3.05, 3.63) is 53.7 Å². The maximum absolute atomic E-state index is 11.5. The molecule has 2 aliphatic heterocycles. The van der Waals surface area contributed by atoms with E-state index in [4.69, 9.17) is 4.42 Å². The van der Waals surface area contributed by atoms with Crippen molar-refractivity contribution in [3.8, 4) is 0 Å². The highest BCUT2D eigenvalue weighted by Gasteiger charge is 2.25. The van der Waals surface area contributed by atoms with Crippen LogP contribution in [-0.2, 0) is 17.9 Å². The molecule has 3 N–H and O–H groups in total. The number of rotatable bonds is 7. The van der Waals surface area contributed by atoms with Crippen LogP contribution in [0.5, 0.6) is 0 Å². The highest BCUT2D eigenvalue weighted by molar-refractivity contribution is 5.78. The number of nitrogens with zero attached hydrogens (tertiary/aromatic N) is 2. The van der Waals surface area contributed by atoms with E-state index >= 15 is 0 Å². The minimum atomic E-state index is 0.146. The van der Waals surface area contributed by atoms with Gasteiger partial charge in [0.25, 0.3) is 0 Å². The van der Waals surface area contributed by atoms with Crippen LogP contribution in [0.1, 0.15) is 42.5 Å². The quantitative estimate of drug-likeness (QED) is 0.698. The summed E-state index contributed by atoms with van der Waals surface area (Å²) >= 11 is 0. The van der Waals surface area contributed by atoms with Crippen molar-refractivity contribution in [2.75, 3.05) is 13.1 Å². The topological polar surface area (TPSA) is 82.4 Å². The van der Waals surface area contributed by atoms with E-state index in [2.05, 4.69) is 32.1 Å². The van der Waals surface area contributed by atoms with Gasteiger partial charge < -0.3 is 9.73 Å². The van der Waals surface area contributed by atoms with Crippen molar-refractivity contribution in [1.29, 1.82) is 0 Å². The molecule has 0 saturated carbocycles. The summed E-state index contributed by atoms with van der Waals surface area (Å²) in [5, 5.41) is 3.06. The molecule has 0 bridgehead atoms. The fourth-order valence-electron chi connectivity index (χ4n) is 3.62. The van der Waals surface area contributed by atoms with E-state index in [9.17, 15) is 4.79 Å². The molecule has 2 aliphatic rings. The number of nitrogens with one attached hydrogen (secondary N) is 3. The lowest BCUT2D eigenvalue weighted by Gasteiger charge is -2.24. The molecule has 0 aliphatic carbocycles. The molecule has 0 aromatic carbocycles. The second-order valence-corrected chi connectivity index (χ2v) is 7.01. The van der Waals surface area contributed by atoms with Crippen molar-refractivity contribution >= 4 is 5.91 Å². The maximum Gasteiger partial charge on any atom is 0.220 e. The van der Waals surface area contributed by atoms with Crippen LogP contribution in [0, 0.1) is 0 Å². The normalized spacial score (nSPS) is 22.9. The molecule has 0 spiro atoms. The van der Waals surface area contributed by atoms with E-state index < -0.39 is 0 Å². The lowest BCUT2D eigenvalue weighted by Crippen LogP contribution is -2.38. The van der Waals surface area contributed by atoms with Crippen LogP contribution >= 0.6 is 0 Å². The summed E-state index contributed by atoms with van der Waals surface area (Å²) in [6, 6.07) is 10.5. The van der Waals surface area contributed by atoms with Crippen LogP contribution in [0.3, 0.4) is 0 Å². The minimum absolute atomic E-state index is 0.146. The van der Waals surface area contributed by atoms with Crippen LogP contribution < -0.4 is 16.2 Å². The van der Waals surface area contributed by atoms with Gasteiger partial charge in [0.05, 0.1) is 18.3 Å². The summed E-state index contributed by atoms with van der Waals surface area (Å²) in [6.07, 6.45) is 4.35. The van der Waals surface area contributed by atoms with Gasteiger partial charge in [0, 0.05) is 38.3 Å². The fourth-order valence-corrected chi connectivity index (χ4v) is 3.62. The number of hydrazine groups is 1. The highest BCUT2D eigenvalue weighted by atomic mass is 16.3. The van der Waals surface area contributed by atoms with E-state index in [-0.39, 0.29) is 18.0 Å². The lowest BCUT2D eigenvalue weighted by atomic mass is 10.2. The highest BCUT2D eigenvalue weighted by Crippen LogP contribution is 2.22. The Balaban J connectivity index is 1.44. The summed E-state index contributed by atoms with van der Waals surface area (Å²) in [5.41, 5.74) is 7.38. The van der Waals surface area contributed by atoms with Crippen molar-refractivity contribution < 1.29 is 9.21 Å². The molecule has 26 heavy (non-hydrogen) atoms. The maximum atomic E-state index is 11.5. The number of hydrogen-bond acceptors (Lipinski definition) is 6. The first-order valence-electron chi connectivity index (χ1n) is 9.25. The molecule has 138 valence electrons. The van der Waals surface area contributed by atoms with E-state index in [1.165, 1.54) is 0 Å². The van der Waals surface area contributed by atoms with Gasteiger partial charge in [0.2, 0.25) is 5.91 Å². The number of pyridine rings is 1. The molecule has 2 aromatic heterocycles. The van der Waals surface area contributed by atoms with Gasteiger partial charge in [-0.1, -0.05) is 6.07 Å². The molecule has 4 heterocycles. The van der Waals surface area contributed by atoms with Gasteiger partial charge in [-0.2, -0.15) is 0 Å². The Morgan fingerprint density at radius 2 is 2.15 bits per heavy atom. The molecule has 7 heteroatoms. The smallest absolute Gasteiger partial charge is 0.220 e. The van der Waals surface area contributed by atoms with E-state index in [1.54, 1.807) is 0 Å². The molecule has 2 saturated heterocycles. The van der Waals surface area contributed by atoms with Crippen molar-refractivity contribution in [2.45, 2.75) is 44.4 Å². The molecular formula is C19H25N5O2. The summed E-state index contributed by atoms with van der Waals surface area (Å²) in [5.74, 6) is 2.05. The molecule has 2 aromatic rings. The van der Waals surface area contributed by atoms with E-state index in [0.717, 1.165) is 49.7 Å². The summed E-state index contributed by atoms with van der Waals surface area (Å²) in [7, 11) is 0. The van der Waals surface area contributed by atoms with Crippen molar-refractivity contribution in [3.63, 3.8) is 0 Å². The number of hydrogen-bond donors (Lipinski definition) is 3. The van der Waals surface area contributed by atoms with Crippen LogP contribution in [0.25, 0.3) is 0 Å². The summed E-state index contributed by atoms with van der Waals surface area (Å²) in [4.78, 5) is 18.3. The second kappa shape index (κ2) is 7.99. The van der Waals surface area contributed by atoms with Crippen LogP contribution in [0.2, 0.25) is 0 Å². The van der Waals surface area contributed by atoms with Gasteiger partial charge in [-0.3, -0.25) is 20.1 Å². The number of carbonyl (C=O) groups is 1. The summed E-state index contributed by atoms with van der Waals surface area (Å²) < 4.78 is 6.07. The van der Waals surface area contributed by atoms with Gasteiger partial charge in [-0.25, -0.2) is 5.43 Å². The van der Waals surface area contributed by atoms with Crippen molar-refractivity contribution in [2.24, 2.45) is 0 Å². The largest absolute Gasteiger partial charge is 0.463 e. The molecule has 7 nitrogen and oxygen atoms in total. The first kappa shape index (κ1) is 17.2. The zero-order valence-electron chi connectivity index (χ0n) is 14.8. The van der Waals surface area contributed by atoms with Gasteiger partial charge in [0.15, 0.2) is 0 Å². The molecule has 1 amide bonds.